The summed E-state index contributed by atoms with van der Waals surface area (Å²) in [7, 11) is 0. The van der Waals surface area contributed by atoms with E-state index in [1.165, 1.54) is 25.3 Å². The fraction of sp³-hybridized carbons (Fsp3) is 0.500. The molecule has 1 saturated carbocycles. The highest BCUT2D eigenvalue weighted by Gasteiger charge is 2.31. The number of nitrogens with one attached hydrogen (secondary N) is 2. The van der Waals surface area contributed by atoms with Gasteiger partial charge >= 0.3 is 0 Å². The molecule has 1 fully saturated rings. The lowest BCUT2D eigenvalue weighted by atomic mass is 10.0. The fourth-order valence-electron chi connectivity index (χ4n) is 2.12. The van der Waals surface area contributed by atoms with Crippen molar-refractivity contribution in [3.63, 3.8) is 0 Å². The lowest BCUT2D eigenvalue weighted by molar-refractivity contribution is -0.118. The molecule has 1 aliphatic carbocycles. The monoisotopic (exact) mass is 266 g/mol. The molecule has 1 aliphatic rings. The quantitative estimate of drug-likeness (QED) is 0.777. The molecule has 0 bridgehead atoms. The Morgan fingerprint density at radius 2 is 2.00 bits per heavy atom. The van der Waals surface area contributed by atoms with E-state index in [4.69, 9.17) is 11.6 Å². The first kappa shape index (κ1) is 13.4. The third kappa shape index (κ3) is 4.00. The van der Waals surface area contributed by atoms with E-state index in [1.807, 2.05) is 12.1 Å². The summed E-state index contributed by atoms with van der Waals surface area (Å²) in [4.78, 5) is 10.8. The number of hydrogen-bond donors (Lipinski definition) is 2. The number of amides is 1. The molecule has 0 spiro atoms. The van der Waals surface area contributed by atoms with Gasteiger partial charge in [0, 0.05) is 31.1 Å². The largest absolute Gasteiger partial charge is 0.355 e. The van der Waals surface area contributed by atoms with E-state index in [2.05, 4.69) is 22.8 Å². The summed E-state index contributed by atoms with van der Waals surface area (Å²) in [5, 5.41) is 7.08. The fourth-order valence-corrected chi connectivity index (χ4v) is 2.25. The summed E-state index contributed by atoms with van der Waals surface area (Å²) in [5.74, 6) is 0.745. The van der Waals surface area contributed by atoms with Crippen molar-refractivity contribution in [3.8, 4) is 0 Å². The molecule has 98 valence electrons. The summed E-state index contributed by atoms with van der Waals surface area (Å²) in [6.07, 6.45) is 2.56. The van der Waals surface area contributed by atoms with E-state index >= 15 is 0 Å². The molecule has 1 aromatic rings. The van der Waals surface area contributed by atoms with Crippen molar-refractivity contribution in [1.29, 1.82) is 0 Å². The lowest BCUT2D eigenvalue weighted by Crippen LogP contribution is -2.33. The van der Waals surface area contributed by atoms with Crippen LogP contribution in [0.25, 0.3) is 0 Å². The van der Waals surface area contributed by atoms with Gasteiger partial charge in [-0.1, -0.05) is 23.7 Å². The predicted octanol–water partition coefficient (Wildman–Crippen LogP) is 2.52. The molecule has 0 aromatic heterocycles. The molecular weight excluding hydrogens is 248 g/mol. The average Bonchev–Trinajstić information content (AvgIpc) is 3.15. The number of benzene rings is 1. The minimum absolute atomic E-state index is 0.0197. The number of carbonyl (C=O) groups excluding carboxylic acids is 1. The Hall–Kier alpha value is -1.06. The standard InChI is InChI=1S/C14H19ClN2O/c1-10(18)16-8-9-17-14(11-2-3-11)12-4-6-13(15)7-5-12/h4-7,11,14,17H,2-3,8-9H2,1H3,(H,16,18). The molecular formula is C14H19ClN2O. The van der Waals surface area contributed by atoms with Gasteiger partial charge in [-0.25, -0.2) is 0 Å². The summed E-state index contributed by atoms with van der Waals surface area (Å²) in [5.41, 5.74) is 1.28. The summed E-state index contributed by atoms with van der Waals surface area (Å²) >= 11 is 5.91. The van der Waals surface area contributed by atoms with Gasteiger partial charge in [-0.05, 0) is 36.5 Å². The minimum atomic E-state index is 0.0197. The van der Waals surface area contributed by atoms with Crippen molar-refractivity contribution in [1.82, 2.24) is 10.6 Å². The van der Waals surface area contributed by atoms with Gasteiger partial charge in [-0.2, -0.15) is 0 Å². The highest BCUT2D eigenvalue weighted by molar-refractivity contribution is 6.30. The van der Waals surface area contributed by atoms with E-state index < -0.39 is 0 Å². The third-order valence-corrected chi connectivity index (χ3v) is 3.44. The first-order chi connectivity index (χ1) is 8.66. The Labute approximate surface area is 113 Å². The molecule has 1 unspecified atom stereocenters. The molecule has 2 rings (SSSR count). The maximum atomic E-state index is 10.8. The van der Waals surface area contributed by atoms with Gasteiger partial charge in [0.15, 0.2) is 0 Å². The van der Waals surface area contributed by atoms with Gasteiger partial charge < -0.3 is 10.6 Å². The molecule has 0 radical (unpaired) electrons. The Kier molecular flexibility index (Phi) is 4.61. The van der Waals surface area contributed by atoms with Gasteiger partial charge in [0.05, 0.1) is 0 Å². The maximum absolute atomic E-state index is 10.8. The van der Waals surface area contributed by atoms with E-state index in [9.17, 15) is 4.79 Å². The van der Waals surface area contributed by atoms with Crippen molar-refractivity contribution in [2.45, 2.75) is 25.8 Å². The second kappa shape index (κ2) is 6.21. The number of rotatable bonds is 6. The Bertz CT molecular complexity index is 401. The van der Waals surface area contributed by atoms with Crippen molar-refractivity contribution in [3.05, 3.63) is 34.9 Å². The molecule has 18 heavy (non-hydrogen) atoms. The van der Waals surface area contributed by atoms with E-state index in [-0.39, 0.29) is 5.91 Å². The van der Waals surface area contributed by atoms with Crippen LogP contribution in [0.1, 0.15) is 31.4 Å². The first-order valence-electron chi connectivity index (χ1n) is 6.40. The van der Waals surface area contributed by atoms with Gasteiger partial charge in [0.25, 0.3) is 0 Å². The van der Waals surface area contributed by atoms with E-state index in [1.54, 1.807) is 0 Å². The van der Waals surface area contributed by atoms with Crippen LogP contribution in [-0.4, -0.2) is 19.0 Å². The molecule has 0 aliphatic heterocycles. The second-order valence-corrected chi connectivity index (χ2v) is 5.24. The van der Waals surface area contributed by atoms with Crippen LogP contribution in [0, 0.1) is 5.92 Å². The van der Waals surface area contributed by atoms with Crippen molar-refractivity contribution >= 4 is 17.5 Å². The summed E-state index contributed by atoms with van der Waals surface area (Å²) in [6.45, 7) is 3.01. The van der Waals surface area contributed by atoms with E-state index in [0.717, 1.165) is 17.5 Å². The Morgan fingerprint density at radius 3 is 2.56 bits per heavy atom. The topological polar surface area (TPSA) is 41.1 Å². The molecule has 1 atom stereocenters. The van der Waals surface area contributed by atoms with Crippen LogP contribution in [-0.2, 0) is 4.79 Å². The molecule has 0 saturated heterocycles. The van der Waals surface area contributed by atoms with Crippen LogP contribution in [0.2, 0.25) is 5.02 Å². The maximum Gasteiger partial charge on any atom is 0.216 e. The molecule has 1 aromatic carbocycles. The van der Waals surface area contributed by atoms with Crippen LogP contribution in [0.15, 0.2) is 24.3 Å². The summed E-state index contributed by atoms with van der Waals surface area (Å²) in [6, 6.07) is 8.41. The predicted molar refractivity (Wildman–Crippen MR) is 73.6 cm³/mol. The van der Waals surface area contributed by atoms with Crippen molar-refractivity contribution in [2.75, 3.05) is 13.1 Å². The van der Waals surface area contributed by atoms with Crippen LogP contribution < -0.4 is 10.6 Å². The van der Waals surface area contributed by atoms with E-state index in [0.29, 0.717) is 12.6 Å². The smallest absolute Gasteiger partial charge is 0.216 e. The second-order valence-electron chi connectivity index (χ2n) is 4.80. The van der Waals surface area contributed by atoms with Crippen molar-refractivity contribution in [2.24, 2.45) is 5.92 Å². The average molecular weight is 267 g/mol. The number of halogens is 1. The number of hydrogen-bond acceptors (Lipinski definition) is 2. The van der Waals surface area contributed by atoms with Crippen LogP contribution in [0.4, 0.5) is 0 Å². The van der Waals surface area contributed by atoms with Crippen molar-refractivity contribution < 1.29 is 4.79 Å². The Balaban J connectivity index is 1.88. The molecule has 2 N–H and O–H groups in total. The molecule has 3 nitrogen and oxygen atoms in total. The summed E-state index contributed by atoms with van der Waals surface area (Å²) < 4.78 is 0. The zero-order valence-electron chi connectivity index (χ0n) is 10.6. The van der Waals surface area contributed by atoms with Crippen LogP contribution in [0.5, 0.6) is 0 Å². The Morgan fingerprint density at radius 1 is 1.33 bits per heavy atom. The SMILES string of the molecule is CC(=O)NCCNC(c1ccc(Cl)cc1)C1CC1. The van der Waals surface area contributed by atoms with Gasteiger partial charge in [0.1, 0.15) is 0 Å². The van der Waals surface area contributed by atoms with Gasteiger partial charge in [-0.15, -0.1) is 0 Å². The lowest BCUT2D eigenvalue weighted by Gasteiger charge is -2.19. The van der Waals surface area contributed by atoms with Crippen LogP contribution in [0.3, 0.4) is 0 Å². The zero-order chi connectivity index (χ0) is 13.0. The minimum Gasteiger partial charge on any atom is -0.355 e. The number of carbonyl (C=O) groups is 1. The van der Waals surface area contributed by atoms with Gasteiger partial charge in [-0.3, -0.25) is 4.79 Å². The normalized spacial score (nSPS) is 16.3. The third-order valence-electron chi connectivity index (χ3n) is 3.19. The zero-order valence-corrected chi connectivity index (χ0v) is 11.3. The highest BCUT2D eigenvalue weighted by Crippen LogP contribution is 2.41. The first-order valence-corrected chi connectivity index (χ1v) is 6.78. The van der Waals surface area contributed by atoms with Crippen LogP contribution >= 0.6 is 11.6 Å². The van der Waals surface area contributed by atoms with Gasteiger partial charge in [0.2, 0.25) is 5.91 Å². The molecule has 4 heteroatoms. The molecule has 1 amide bonds. The highest BCUT2D eigenvalue weighted by atomic mass is 35.5. The molecule has 0 heterocycles.